The van der Waals surface area contributed by atoms with Gasteiger partial charge in [-0.15, -0.1) is 12.4 Å². The fourth-order valence-electron chi connectivity index (χ4n) is 3.97. The number of ether oxygens (including phenoxy) is 1. The van der Waals surface area contributed by atoms with Crippen molar-refractivity contribution in [2.75, 3.05) is 51.3 Å². The molecular formula is C26H35ClN6O7. The molecule has 0 aliphatic carbocycles. The first-order chi connectivity index (χ1) is 18.8. The fraction of sp³-hybridized carbons (Fsp3) is 0.462. The van der Waals surface area contributed by atoms with Gasteiger partial charge < -0.3 is 35.4 Å². The summed E-state index contributed by atoms with van der Waals surface area (Å²) in [6.07, 6.45) is -0.425. The lowest BCUT2D eigenvalue weighted by molar-refractivity contribution is -0.138. The molecule has 2 heterocycles. The van der Waals surface area contributed by atoms with Gasteiger partial charge in [-0.1, -0.05) is 30.3 Å². The van der Waals surface area contributed by atoms with Crippen molar-refractivity contribution < 1.29 is 34.1 Å². The van der Waals surface area contributed by atoms with Crippen LogP contribution >= 0.6 is 12.4 Å². The number of carbonyl (C=O) groups excluding carboxylic acids is 3. The van der Waals surface area contributed by atoms with E-state index in [0.29, 0.717) is 30.2 Å². The maximum Gasteiger partial charge on any atom is 0.409 e. The van der Waals surface area contributed by atoms with E-state index in [9.17, 15) is 24.3 Å². The van der Waals surface area contributed by atoms with Crippen molar-refractivity contribution in [3.8, 4) is 11.4 Å². The smallest absolute Gasteiger partial charge is 0.409 e. The van der Waals surface area contributed by atoms with Crippen LogP contribution in [0, 0.1) is 0 Å². The van der Waals surface area contributed by atoms with Gasteiger partial charge in [0.1, 0.15) is 17.6 Å². The Bertz CT molecular complexity index is 1150. The number of hydrogen-bond donors (Lipinski definition) is 4. The molecule has 14 heteroatoms. The van der Waals surface area contributed by atoms with Gasteiger partial charge in [0, 0.05) is 57.4 Å². The predicted octanol–water partition coefficient (Wildman–Crippen LogP) is 1.62. The molecule has 1 aromatic carbocycles. The van der Waals surface area contributed by atoms with Gasteiger partial charge in [-0.3, -0.25) is 14.4 Å². The molecule has 1 atom stereocenters. The zero-order chi connectivity index (χ0) is 28.2. The average Bonchev–Trinajstić information content (AvgIpc) is 2.95. The van der Waals surface area contributed by atoms with Crippen LogP contribution in [0.2, 0.25) is 0 Å². The third-order valence-electron chi connectivity index (χ3n) is 6.00. The number of rotatable bonds is 12. The Morgan fingerprint density at radius 1 is 1.05 bits per heavy atom. The molecule has 0 saturated carbocycles. The van der Waals surface area contributed by atoms with Crippen LogP contribution in [0.3, 0.4) is 0 Å². The number of anilines is 1. The molecule has 0 spiro atoms. The second kappa shape index (κ2) is 16.2. The third kappa shape index (κ3) is 9.35. The van der Waals surface area contributed by atoms with E-state index in [-0.39, 0.29) is 70.3 Å². The second-order valence-corrected chi connectivity index (χ2v) is 8.80. The van der Waals surface area contributed by atoms with Crippen LogP contribution in [0.4, 0.5) is 10.6 Å². The Balaban J connectivity index is 0.00000560. The molecule has 3 rings (SSSR count). The molecule has 1 aromatic heterocycles. The number of amides is 3. The number of nitrogens with zero attached hydrogens (tertiary/aromatic N) is 4. The fourth-order valence-corrected chi connectivity index (χ4v) is 3.97. The number of aliphatic carboxylic acids is 1. The summed E-state index contributed by atoms with van der Waals surface area (Å²) in [7, 11) is 0. The first-order valence-electron chi connectivity index (χ1n) is 12.8. The standard InChI is InChI=1S/C26H34N6O7.ClH/c1-2-39-26(38)32-14-12-31(13-15-32)25(37)19(9-10-22(34)35)29-24(36)20-17-21(27-11-6-16-33)30-23(28-20)18-7-4-3-5-8-18;/h3-5,7-8,17,19,33H,2,6,9-16H2,1H3,(H,29,36)(H,34,35)(H,27,28,30);1H. The summed E-state index contributed by atoms with van der Waals surface area (Å²) in [5, 5.41) is 24.0. The maximum absolute atomic E-state index is 13.3. The minimum Gasteiger partial charge on any atom is -0.481 e. The van der Waals surface area contributed by atoms with Gasteiger partial charge in [-0.05, 0) is 19.8 Å². The average molecular weight is 579 g/mol. The van der Waals surface area contributed by atoms with Crippen LogP contribution in [0.25, 0.3) is 11.4 Å². The molecular weight excluding hydrogens is 544 g/mol. The lowest BCUT2D eigenvalue weighted by Gasteiger charge is -2.35. The first kappa shape index (κ1) is 32.2. The molecule has 218 valence electrons. The Hall–Kier alpha value is -3.97. The quantitative estimate of drug-likeness (QED) is 0.271. The lowest BCUT2D eigenvalue weighted by atomic mass is 10.1. The summed E-state index contributed by atoms with van der Waals surface area (Å²) in [5.41, 5.74) is 0.672. The van der Waals surface area contributed by atoms with Gasteiger partial charge in [-0.2, -0.15) is 0 Å². The number of carboxylic acid groups (broad SMARTS) is 1. The van der Waals surface area contributed by atoms with E-state index in [1.165, 1.54) is 15.9 Å². The molecule has 2 aromatic rings. The van der Waals surface area contributed by atoms with Crippen LogP contribution in [-0.4, -0.2) is 106 Å². The highest BCUT2D eigenvalue weighted by Crippen LogP contribution is 2.18. The number of aliphatic hydroxyl groups excluding tert-OH is 1. The van der Waals surface area contributed by atoms with Crippen molar-refractivity contribution in [3.63, 3.8) is 0 Å². The molecule has 1 aliphatic heterocycles. The minimum absolute atomic E-state index is 0. The van der Waals surface area contributed by atoms with Gasteiger partial charge in [-0.25, -0.2) is 14.8 Å². The van der Waals surface area contributed by atoms with Crippen LogP contribution in [0.15, 0.2) is 36.4 Å². The molecule has 1 saturated heterocycles. The summed E-state index contributed by atoms with van der Waals surface area (Å²) in [5.74, 6) is -1.54. The van der Waals surface area contributed by atoms with Crippen molar-refractivity contribution >= 4 is 42.1 Å². The summed E-state index contributed by atoms with van der Waals surface area (Å²) >= 11 is 0. The highest BCUT2D eigenvalue weighted by atomic mass is 35.5. The molecule has 1 fully saturated rings. The van der Waals surface area contributed by atoms with E-state index in [1.807, 2.05) is 18.2 Å². The van der Waals surface area contributed by atoms with Crippen LogP contribution in [0.1, 0.15) is 36.7 Å². The number of aromatic nitrogens is 2. The van der Waals surface area contributed by atoms with Crippen molar-refractivity contribution in [1.29, 1.82) is 0 Å². The van der Waals surface area contributed by atoms with Gasteiger partial charge in [0.25, 0.3) is 5.91 Å². The number of hydrogen-bond acceptors (Lipinski definition) is 9. The third-order valence-corrected chi connectivity index (χ3v) is 6.00. The number of halogens is 1. The van der Waals surface area contributed by atoms with Gasteiger partial charge in [0.2, 0.25) is 5.91 Å². The SMILES string of the molecule is CCOC(=O)N1CCN(C(=O)C(CCC(=O)O)NC(=O)c2cc(NCCCO)nc(-c3ccccc3)n2)CC1.Cl. The number of carbonyl (C=O) groups is 4. The van der Waals surface area contributed by atoms with Crippen molar-refractivity contribution in [2.24, 2.45) is 0 Å². The summed E-state index contributed by atoms with van der Waals surface area (Å²) in [4.78, 5) is 61.7. The molecule has 1 aliphatic rings. The lowest BCUT2D eigenvalue weighted by Crippen LogP contribution is -2.56. The van der Waals surface area contributed by atoms with E-state index in [2.05, 4.69) is 20.6 Å². The number of nitrogens with one attached hydrogen (secondary N) is 2. The topological polar surface area (TPSA) is 174 Å². The molecule has 0 radical (unpaired) electrons. The van der Waals surface area contributed by atoms with E-state index < -0.39 is 29.9 Å². The van der Waals surface area contributed by atoms with Crippen LogP contribution in [-0.2, 0) is 14.3 Å². The summed E-state index contributed by atoms with van der Waals surface area (Å²) in [6, 6.07) is 9.39. The van der Waals surface area contributed by atoms with Crippen molar-refractivity contribution in [2.45, 2.75) is 32.2 Å². The van der Waals surface area contributed by atoms with Crippen molar-refractivity contribution in [1.82, 2.24) is 25.1 Å². The summed E-state index contributed by atoms with van der Waals surface area (Å²) < 4.78 is 5.00. The Labute approximate surface area is 238 Å². The van der Waals surface area contributed by atoms with E-state index >= 15 is 0 Å². The first-order valence-corrected chi connectivity index (χ1v) is 12.8. The zero-order valence-electron chi connectivity index (χ0n) is 22.2. The highest BCUT2D eigenvalue weighted by Gasteiger charge is 2.31. The van der Waals surface area contributed by atoms with Gasteiger partial charge >= 0.3 is 12.1 Å². The number of benzene rings is 1. The zero-order valence-corrected chi connectivity index (χ0v) is 23.1. The molecule has 0 bridgehead atoms. The maximum atomic E-state index is 13.3. The highest BCUT2D eigenvalue weighted by molar-refractivity contribution is 5.97. The molecule has 1 unspecified atom stereocenters. The molecule has 13 nitrogen and oxygen atoms in total. The Morgan fingerprint density at radius 3 is 2.35 bits per heavy atom. The molecule has 3 amide bonds. The van der Waals surface area contributed by atoms with Gasteiger partial charge in [0.05, 0.1) is 6.61 Å². The minimum atomic E-state index is -1.11. The largest absolute Gasteiger partial charge is 0.481 e. The van der Waals surface area contributed by atoms with E-state index in [4.69, 9.17) is 9.84 Å². The Morgan fingerprint density at radius 2 is 1.73 bits per heavy atom. The van der Waals surface area contributed by atoms with Crippen molar-refractivity contribution in [3.05, 3.63) is 42.1 Å². The monoisotopic (exact) mass is 578 g/mol. The van der Waals surface area contributed by atoms with Crippen LogP contribution < -0.4 is 10.6 Å². The van der Waals surface area contributed by atoms with E-state index in [1.54, 1.807) is 19.1 Å². The molecule has 40 heavy (non-hydrogen) atoms. The number of aliphatic hydroxyl groups is 1. The second-order valence-electron chi connectivity index (χ2n) is 8.80. The van der Waals surface area contributed by atoms with E-state index in [0.717, 1.165) is 0 Å². The van der Waals surface area contributed by atoms with Crippen LogP contribution in [0.5, 0.6) is 0 Å². The summed E-state index contributed by atoms with van der Waals surface area (Å²) in [6.45, 7) is 3.33. The number of piperazine rings is 1. The number of carboxylic acids is 1. The predicted molar refractivity (Wildman–Crippen MR) is 148 cm³/mol. The normalized spacial score (nSPS) is 13.6. The van der Waals surface area contributed by atoms with Gasteiger partial charge in [0.15, 0.2) is 5.82 Å². The Kier molecular flexibility index (Phi) is 13.1. The molecule has 4 N–H and O–H groups in total.